The predicted octanol–water partition coefficient (Wildman–Crippen LogP) is 6.88. The normalized spacial score (nSPS) is 11.3. The monoisotopic (exact) mass is 418 g/mol. The number of hydrogen-bond donors (Lipinski definition) is 0. The van der Waals surface area contributed by atoms with Gasteiger partial charge in [0.25, 0.3) is 5.69 Å². The standard InChI is InChI=1S/C19H9Cl3N2O3/c20-13-2-4-15(18(9-13)24(25)26)19-6-3-14(27-19)7-12(10-23)11-1-5-16(21)17(22)8-11/h1-9H/b12-7-. The van der Waals surface area contributed by atoms with Gasteiger partial charge in [0.05, 0.1) is 32.2 Å². The van der Waals surface area contributed by atoms with E-state index in [0.717, 1.165) is 0 Å². The van der Waals surface area contributed by atoms with Crippen LogP contribution in [0, 0.1) is 21.4 Å². The number of nitro benzene ring substituents is 1. The number of rotatable bonds is 4. The van der Waals surface area contributed by atoms with E-state index in [1.54, 1.807) is 36.4 Å². The molecule has 0 atom stereocenters. The average molecular weight is 420 g/mol. The molecule has 1 heterocycles. The molecule has 5 nitrogen and oxygen atoms in total. The molecule has 0 bridgehead atoms. The van der Waals surface area contributed by atoms with E-state index in [9.17, 15) is 15.4 Å². The Morgan fingerprint density at radius 1 is 1.07 bits per heavy atom. The molecule has 2 aromatic carbocycles. The first-order chi connectivity index (χ1) is 12.9. The summed E-state index contributed by atoms with van der Waals surface area (Å²) in [5.41, 5.74) is 0.997. The second-order valence-electron chi connectivity index (χ2n) is 5.42. The fraction of sp³-hybridized carbons (Fsp3) is 0. The summed E-state index contributed by atoms with van der Waals surface area (Å²) in [4.78, 5) is 10.7. The van der Waals surface area contributed by atoms with Crippen LogP contribution in [0.25, 0.3) is 23.0 Å². The molecular weight excluding hydrogens is 411 g/mol. The summed E-state index contributed by atoms with van der Waals surface area (Å²) in [7, 11) is 0. The molecule has 0 aliphatic carbocycles. The van der Waals surface area contributed by atoms with Crippen LogP contribution < -0.4 is 0 Å². The molecule has 0 saturated heterocycles. The van der Waals surface area contributed by atoms with Crippen LogP contribution in [0.15, 0.2) is 52.9 Å². The third-order valence-corrected chi connectivity index (χ3v) is 4.66. The molecule has 0 fully saturated rings. The van der Waals surface area contributed by atoms with Crippen molar-refractivity contribution in [2.75, 3.05) is 0 Å². The van der Waals surface area contributed by atoms with Crippen LogP contribution in [-0.4, -0.2) is 4.92 Å². The molecule has 3 rings (SSSR count). The highest BCUT2D eigenvalue weighted by Crippen LogP contribution is 2.34. The summed E-state index contributed by atoms with van der Waals surface area (Å²) >= 11 is 17.7. The van der Waals surface area contributed by atoms with Crippen LogP contribution in [0.3, 0.4) is 0 Å². The molecule has 3 aromatic rings. The summed E-state index contributed by atoms with van der Waals surface area (Å²) in [5, 5.41) is 21.6. The summed E-state index contributed by atoms with van der Waals surface area (Å²) in [6.07, 6.45) is 1.52. The number of benzene rings is 2. The first-order valence-electron chi connectivity index (χ1n) is 7.50. The van der Waals surface area contributed by atoms with Crippen molar-refractivity contribution < 1.29 is 9.34 Å². The molecule has 0 radical (unpaired) electrons. The van der Waals surface area contributed by atoms with E-state index >= 15 is 0 Å². The van der Waals surface area contributed by atoms with Gasteiger partial charge < -0.3 is 4.42 Å². The minimum Gasteiger partial charge on any atom is -0.456 e. The Hall–Kier alpha value is -2.78. The maximum atomic E-state index is 11.2. The molecule has 0 unspecified atom stereocenters. The molecule has 0 aliphatic rings. The van der Waals surface area contributed by atoms with Crippen LogP contribution in [0.1, 0.15) is 11.3 Å². The van der Waals surface area contributed by atoms with E-state index in [1.165, 1.54) is 18.2 Å². The van der Waals surface area contributed by atoms with E-state index in [1.807, 2.05) is 0 Å². The number of halogens is 3. The Labute approximate surface area is 169 Å². The lowest BCUT2D eigenvalue weighted by Crippen LogP contribution is -1.91. The second-order valence-corrected chi connectivity index (χ2v) is 6.67. The van der Waals surface area contributed by atoms with Crippen LogP contribution in [0.4, 0.5) is 5.69 Å². The van der Waals surface area contributed by atoms with Gasteiger partial charge in [-0.1, -0.05) is 40.9 Å². The molecule has 0 aliphatic heterocycles. The highest BCUT2D eigenvalue weighted by molar-refractivity contribution is 6.42. The van der Waals surface area contributed by atoms with Gasteiger partial charge in [-0.15, -0.1) is 0 Å². The van der Waals surface area contributed by atoms with Crippen LogP contribution in [0.5, 0.6) is 0 Å². The van der Waals surface area contributed by atoms with Gasteiger partial charge in [-0.2, -0.15) is 5.26 Å². The van der Waals surface area contributed by atoms with Crippen molar-refractivity contribution in [3.8, 4) is 17.4 Å². The van der Waals surface area contributed by atoms with Crippen molar-refractivity contribution >= 4 is 52.1 Å². The molecular formula is C19H9Cl3N2O3. The van der Waals surface area contributed by atoms with Gasteiger partial charge in [0, 0.05) is 11.1 Å². The molecule has 0 amide bonds. The Kier molecular flexibility index (Phi) is 5.52. The van der Waals surface area contributed by atoms with Gasteiger partial charge in [-0.05, 0) is 48.0 Å². The zero-order valence-electron chi connectivity index (χ0n) is 13.4. The number of nitro groups is 1. The molecule has 0 spiro atoms. The van der Waals surface area contributed by atoms with Crippen LogP contribution in [0.2, 0.25) is 15.1 Å². The fourth-order valence-corrected chi connectivity index (χ4v) is 2.89. The van der Waals surface area contributed by atoms with Crippen LogP contribution in [-0.2, 0) is 0 Å². The summed E-state index contributed by atoms with van der Waals surface area (Å²) in [6, 6.07) is 14.4. The number of nitriles is 1. The van der Waals surface area contributed by atoms with E-state index < -0.39 is 4.92 Å². The zero-order valence-corrected chi connectivity index (χ0v) is 15.7. The first kappa shape index (κ1) is 19.0. The van der Waals surface area contributed by atoms with Crippen molar-refractivity contribution in [3.63, 3.8) is 0 Å². The Morgan fingerprint density at radius 2 is 1.85 bits per heavy atom. The van der Waals surface area contributed by atoms with Gasteiger partial charge in [0.15, 0.2) is 0 Å². The Morgan fingerprint density at radius 3 is 2.52 bits per heavy atom. The SMILES string of the molecule is N#C/C(=C/c1ccc(-c2ccc(Cl)cc2[N+](=O)[O-])o1)c1ccc(Cl)c(Cl)c1. The number of furan rings is 1. The third kappa shape index (κ3) is 4.15. The maximum absolute atomic E-state index is 11.2. The number of hydrogen-bond acceptors (Lipinski definition) is 4. The van der Waals surface area contributed by atoms with Gasteiger partial charge in [-0.25, -0.2) is 0 Å². The van der Waals surface area contributed by atoms with E-state index in [-0.39, 0.29) is 22.0 Å². The molecule has 1 aromatic heterocycles. The van der Waals surface area contributed by atoms with Gasteiger partial charge in [0.2, 0.25) is 0 Å². The minimum absolute atomic E-state index is 0.169. The summed E-state index contributed by atoms with van der Waals surface area (Å²) in [6.45, 7) is 0. The van der Waals surface area contributed by atoms with Crippen molar-refractivity contribution in [1.29, 1.82) is 5.26 Å². The smallest absolute Gasteiger partial charge is 0.281 e. The van der Waals surface area contributed by atoms with Crippen molar-refractivity contribution in [1.82, 2.24) is 0 Å². The number of allylic oxidation sites excluding steroid dienone is 1. The zero-order chi connectivity index (χ0) is 19.6. The first-order valence-corrected chi connectivity index (χ1v) is 8.64. The summed E-state index contributed by atoms with van der Waals surface area (Å²) in [5.74, 6) is 0.646. The second kappa shape index (κ2) is 7.85. The van der Waals surface area contributed by atoms with Gasteiger partial charge in [0.1, 0.15) is 11.5 Å². The lowest BCUT2D eigenvalue weighted by atomic mass is 10.1. The highest BCUT2D eigenvalue weighted by atomic mass is 35.5. The van der Waals surface area contributed by atoms with Crippen molar-refractivity contribution in [2.45, 2.75) is 0 Å². The van der Waals surface area contributed by atoms with Crippen molar-refractivity contribution in [2.24, 2.45) is 0 Å². The number of nitrogens with zero attached hydrogens (tertiary/aromatic N) is 2. The molecule has 8 heteroatoms. The predicted molar refractivity (Wildman–Crippen MR) is 106 cm³/mol. The van der Waals surface area contributed by atoms with E-state index in [2.05, 4.69) is 6.07 Å². The molecule has 0 N–H and O–H groups in total. The highest BCUT2D eigenvalue weighted by Gasteiger charge is 2.18. The third-order valence-electron chi connectivity index (χ3n) is 3.69. The minimum atomic E-state index is -0.532. The fourth-order valence-electron chi connectivity index (χ4n) is 2.43. The lowest BCUT2D eigenvalue weighted by molar-refractivity contribution is -0.384. The summed E-state index contributed by atoms with van der Waals surface area (Å²) < 4.78 is 5.67. The molecule has 27 heavy (non-hydrogen) atoms. The lowest BCUT2D eigenvalue weighted by Gasteiger charge is -2.02. The molecule has 134 valence electrons. The largest absolute Gasteiger partial charge is 0.456 e. The maximum Gasteiger partial charge on any atom is 0.281 e. The quantitative estimate of drug-likeness (QED) is 0.262. The van der Waals surface area contributed by atoms with E-state index in [4.69, 9.17) is 39.2 Å². The molecule has 0 saturated carbocycles. The van der Waals surface area contributed by atoms with Gasteiger partial charge >= 0.3 is 0 Å². The van der Waals surface area contributed by atoms with E-state index in [0.29, 0.717) is 26.9 Å². The average Bonchev–Trinajstić information content (AvgIpc) is 3.10. The van der Waals surface area contributed by atoms with Crippen molar-refractivity contribution in [3.05, 3.63) is 85.0 Å². The topological polar surface area (TPSA) is 80.1 Å². The van der Waals surface area contributed by atoms with Gasteiger partial charge in [-0.3, -0.25) is 10.1 Å². The Bertz CT molecular complexity index is 1110. The van der Waals surface area contributed by atoms with Crippen LogP contribution >= 0.6 is 34.8 Å². The Balaban J connectivity index is 2.00.